The van der Waals surface area contributed by atoms with Gasteiger partial charge in [-0.1, -0.05) is 24.8 Å². The highest BCUT2D eigenvalue weighted by Crippen LogP contribution is 2.21. The summed E-state index contributed by atoms with van der Waals surface area (Å²) < 4.78 is 5.75. The molecule has 0 unspecified atom stereocenters. The summed E-state index contributed by atoms with van der Waals surface area (Å²) in [6.07, 6.45) is 2.42. The van der Waals surface area contributed by atoms with E-state index in [0.717, 1.165) is 11.3 Å². The van der Waals surface area contributed by atoms with Crippen molar-refractivity contribution >= 4 is 6.08 Å². The molecule has 82 valence electrons. The Morgan fingerprint density at radius 2 is 1.93 bits per heavy atom. The molecule has 0 aliphatic carbocycles. The maximum Gasteiger partial charge on any atom is 0.120 e. The van der Waals surface area contributed by atoms with Gasteiger partial charge < -0.3 is 9.84 Å². The number of benzene rings is 1. The van der Waals surface area contributed by atoms with E-state index in [0.29, 0.717) is 6.42 Å². The molecule has 1 rings (SSSR count). The van der Waals surface area contributed by atoms with Gasteiger partial charge in [0.1, 0.15) is 11.4 Å². The minimum atomic E-state index is -0.329. The molecule has 0 aromatic heterocycles. The fourth-order valence-electron chi connectivity index (χ4n) is 1.31. The van der Waals surface area contributed by atoms with Gasteiger partial charge in [-0.2, -0.15) is 0 Å². The molecule has 0 heterocycles. The number of rotatable bonds is 5. The lowest BCUT2D eigenvalue weighted by Crippen LogP contribution is -2.29. The van der Waals surface area contributed by atoms with Crippen molar-refractivity contribution < 1.29 is 9.84 Å². The molecule has 0 atom stereocenters. The van der Waals surface area contributed by atoms with E-state index in [9.17, 15) is 0 Å². The summed E-state index contributed by atoms with van der Waals surface area (Å²) in [7, 11) is 0. The van der Waals surface area contributed by atoms with Crippen LogP contribution in [0.2, 0.25) is 0 Å². The Kier molecular flexibility index (Phi) is 3.92. The van der Waals surface area contributed by atoms with Crippen molar-refractivity contribution in [3.05, 3.63) is 36.4 Å². The van der Waals surface area contributed by atoms with Gasteiger partial charge in [0.15, 0.2) is 0 Å². The minimum absolute atomic E-state index is 0.137. The van der Waals surface area contributed by atoms with Gasteiger partial charge in [0.2, 0.25) is 0 Å². The lowest BCUT2D eigenvalue weighted by atomic mass is 10.1. The van der Waals surface area contributed by atoms with Crippen LogP contribution >= 0.6 is 0 Å². The number of hydrogen-bond donors (Lipinski definition) is 1. The molecule has 1 aromatic carbocycles. The molecule has 1 aromatic rings. The maximum atomic E-state index is 8.87. The van der Waals surface area contributed by atoms with Crippen molar-refractivity contribution in [1.82, 2.24) is 0 Å². The molecule has 2 heteroatoms. The van der Waals surface area contributed by atoms with Gasteiger partial charge >= 0.3 is 0 Å². The number of hydrogen-bond acceptors (Lipinski definition) is 2. The first-order valence-electron chi connectivity index (χ1n) is 5.10. The quantitative estimate of drug-likeness (QED) is 0.802. The highest BCUT2D eigenvalue weighted by Gasteiger charge is 2.18. The van der Waals surface area contributed by atoms with E-state index in [-0.39, 0.29) is 12.2 Å². The first kappa shape index (κ1) is 11.8. The third-order valence-electron chi connectivity index (χ3n) is 2.22. The molecule has 0 aliphatic heterocycles. The number of aliphatic hydroxyl groups is 1. The first-order valence-corrected chi connectivity index (χ1v) is 5.10. The van der Waals surface area contributed by atoms with Gasteiger partial charge in [0.25, 0.3) is 0 Å². The second-order valence-electron chi connectivity index (χ2n) is 4.11. The van der Waals surface area contributed by atoms with E-state index in [1.165, 1.54) is 0 Å². The van der Waals surface area contributed by atoms with E-state index in [2.05, 4.69) is 6.58 Å². The summed E-state index contributed by atoms with van der Waals surface area (Å²) in [5.74, 6) is 0.819. The molecular weight excluding hydrogens is 188 g/mol. The van der Waals surface area contributed by atoms with Crippen molar-refractivity contribution in [2.45, 2.75) is 25.9 Å². The lowest BCUT2D eigenvalue weighted by Gasteiger charge is -2.25. The van der Waals surface area contributed by atoms with Crippen LogP contribution in [0.1, 0.15) is 25.8 Å². The van der Waals surface area contributed by atoms with Gasteiger partial charge in [-0.3, -0.25) is 0 Å². The second kappa shape index (κ2) is 4.99. The molecule has 15 heavy (non-hydrogen) atoms. The molecule has 0 saturated carbocycles. The Balaban J connectivity index is 2.68. The van der Waals surface area contributed by atoms with Crippen molar-refractivity contribution in [3.63, 3.8) is 0 Å². The molecule has 0 fully saturated rings. The maximum absolute atomic E-state index is 8.87. The average molecular weight is 206 g/mol. The van der Waals surface area contributed by atoms with Crippen molar-refractivity contribution in [2.75, 3.05) is 6.61 Å². The van der Waals surface area contributed by atoms with Crippen LogP contribution in [-0.4, -0.2) is 17.3 Å². The Bertz CT molecular complexity index is 312. The van der Waals surface area contributed by atoms with E-state index in [1.54, 1.807) is 6.08 Å². The zero-order chi connectivity index (χ0) is 11.3. The van der Waals surface area contributed by atoms with Gasteiger partial charge in [-0.25, -0.2) is 0 Å². The molecule has 0 aliphatic rings. The van der Waals surface area contributed by atoms with Crippen LogP contribution in [0.15, 0.2) is 30.8 Å². The van der Waals surface area contributed by atoms with E-state index >= 15 is 0 Å². The smallest absolute Gasteiger partial charge is 0.120 e. The standard InChI is InChI=1S/C13H18O2/c1-4-11-5-7-12(8-6-11)15-13(2,3)9-10-14/h4-8,14H,1,9-10H2,2-3H3. The highest BCUT2D eigenvalue weighted by molar-refractivity contribution is 5.48. The van der Waals surface area contributed by atoms with Gasteiger partial charge in [-0.15, -0.1) is 0 Å². The summed E-state index contributed by atoms with van der Waals surface area (Å²) >= 11 is 0. The Morgan fingerprint density at radius 3 is 2.40 bits per heavy atom. The van der Waals surface area contributed by atoms with Crippen LogP contribution in [0.3, 0.4) is 0 Å². The molecule has 0 amide bonds. The lowest BCUT2D eigenvalue weighted by molar-refractivity contribution is 0.0765. The topological polar surface area (TPSA) is 29.5 Å². The van der Waals surface area contributed by atoms with Gasteiger partial charge in [0, 0.05) is 13.0 Å². The molecule has 2 nitrogen and oxygen atoms in total. The van der Waals surface area contributed by atoms with Crippen LogP contribution in [-0.2, 0) is 0 Å². The van der Waals surface area contributed by atoms with E-state index in [1.807, 2.05) is 38.1 Å². The Morgan fingerprint density at radius 1 is 1.33 bits per heavy atom. The van der Waals surface area contributed by atoms with E-state index < -0.39 is 0 Å². The zero-order valence-corrected chi connectivity index (χ0v) is 9.36. The minimum Gasteiger partial charge on any atom is -0.488 e. The monoisotopic (exact) mass is 206 g/mol. The SMILES string of the molecule is C=Cc1ccc(OC(C)(C)CCO)cc1. The zero-order valence-electron chi connectivity index (χ0n) is 9.36. The molecule has 0 saturated heterocycles. The summed E-state index contributed by atoms with van der Waals surface area (Å²) in [5, 5.41) is 8.87. The summed E-state index contributed by atoms with van der Waals surface area (Å²) in [5.41, 5.74) is 0.743. The van der Waals surface area contributed by atoms with Crippen molar-refractivity contribution in [1.29, 1.82) is 0 Å². The van der Waals surface area contributed by atoms with Gasteiger partial charge in [-0.05, 0) is 31.5 Å². The van der Waals surface area contributed by atoms with Crippen molar-refractivity contribution in [3.8, 4) is 5.75 Å². The first-order chi connectivity index (χ1) is 7.07. The molecule has 0 spiro atoms. The Labute approximate surface area is 91.2 Å². The Hall–Kier alpha value is -1.28. The predicted molar refractivity (Wildman–Crippen MR) is 62.9 cm³/mol. The summed E-state index contributed by atoms with van der Waals surface area (Å²) in [6.45, 7) is 7.75. The third kappa shape index (κ3) is 3.76. The van der Waals surface area contributed by atoms with E-state index in [4.69, 9.17) is 9.84 Å². The van der Waals surface area contributed by atoms with Gasteiger partial charge in [0.05, 0.1) is 0 Å². The fourth-order valence-corrected chi connectivity index (χ4v) is 1.31. The second-order valence-corrected chi connectivity index (χ2v) is 4.11. The predicted octanol–water partition coefficient (Wildman–Crippen LogP) is 2.87. The third-order valence-corrected chi connectivity index (χ3v) is 2.22. The van der Waals surface area contributed by atoms with Crippen LogP contribution in [0.5, 0.6) is 5.75 Å². The van der Waals surface area contributed by atoms with Crippen LogP contribution in [0, 0.1) is 0 Å². The fraction of sp³-hybridized carbons (Fsp3) is 0.385. The number of aliphatic hydroxyl groups excluding tert-OH is 1. The average Bonchev–Trinajstić information content (AvgIpc) is 2.18. The molecular formula is C13H18O2. The molecule has 0 radical (unpaired) electrons. The van der Waals surface area contributed by atoms with Crippen LogP contribution in [0.25, 0.3) is 6.08 Å². The van der Waals surface area contributed by atoms with Crippen molar-refractivity contribution in [2.24, 2.45) is 0 Å². The molecule has 0 bridgehead atoms. The normalized spacial score (nSPS) is 11.1. The highest BCUT2D eigenvalue weighted by atomic mass is 16.5. The van der Waals surface area contributed by atoms with Crippen LogP contribution < -0.4 is 4.74 Å². The summed E-state index contributed by atoms with van der Waals surface area (Å²) in [4.78, 5) is 0. The van der Waals surface area contributed by atoms with Crippen LogP contribution in [0.4, 0.5) is 0 Å². The summed E-state index contributed by atoms with van der Waals surface area (Å²) in [6, 6.07) is 7.74. The largest absolute Gasteiger partial charge is 0.488 e. The molecule has 1 N–H and O–H groups in total. The number of ether oxygens (including phenoxy) is 1.